The van der Waals surface area contributed by atoms with Gasteiger partial charge in [0.05, 0.1) is 11.1 Å². The van der Waals surface area contributed by atoms with Gasteiger partial charge in [-0.25, -0.2) is 8.42 Å². The fourth-order valence-corrected chi connectivity index (χ4v) is 3.52. The topological polar surface area (TPSA) is 76.5 Å². The lowest BCUT2D eigenvalue weighted by Gasteiger charge is -2.07. The summed E-state index contributed by atoms with van der Waals surface area (Å²) in [6, 6.07) is 7.76. The van der Waals surface area contributed by atoms with Gasteiger partial charge in [-0.1, -0.05) is 0 Å². The van der Waals surface area contributed by atoms with Crippen molar-refractivity contribution in [1.29, 1.82) is 0 Å². The number of pyridine rings is 1. The molecule has 0 bridgehead atoms. The quantitative estimate of drug-likeness (QED) is 0.935. The Balaban J connectivity index is 1.89. The zero-order valence-corrected chi connectivity index (χ0v) is 11.2. The minimum absolute atomic E-state index is 0.0739. The smallest absolute Gasteiger partial charge is 0.200 e. The zero-order chi connectivity index (χ0) is 14.2. The Morgan fingerprint density at radius 3 is 2.85 bits per heavy atom. The van der Waals surface area contributed by atoms with Crippen molar-refractivity contribution in [3.05, 3.63) is 53.7 Å². The SMILES string of the molecule is O=S1(=O)C=C(COc2cccnc2)c2ccc(O)cc21. The van der Waals surface area contributed by atoms with Gasteiger partial charge in [-0.2, -0.15) is 0 Å². The second-order valence-electron chi connectivity index (χ2n) is 4.35. The van der Waals surface area contributed by atoms with Crippen LogP contribution in [-0.2, 0) is 9.84 Å². The molecule has 1 aromatic carbocycles. The van der Waals surface area contributed by atoms with E-state index in [1.807, 2.05) is 0 Å². The monoisotopic (exact) mass is 289 g/mol. The van der Waals surface area contributed by atoms with Crippen LogP contribution in [0.3, 0.4) is 0 Å². The summed E-state index contributed by atoms with van der Waals surface area (Å²) in [6.45, 7) is 0.128. The highest BCUT2D eigenvalue weighted by Gasteiger charge is 2.27. The Kier molecular flexibility index (Phi) is 2.94. The third-order valence-electron chi connectivity index (χ3n) is 2.94. The first-order valence-corrected chi connectivity index (χ1v) is 7.43. The Morgan fingerprint density at radius 2 is 2.10 bits per heavy atom. The molecule has 3 rings (SSSR count). The molecule has 0 amide bonds. The van der Waals surface area contributed by atoms with Crippen molar-refractivity contribution in [2.75, 3.05) is 6.61 Å². The molecule has 0 saturated heterocycles. The first kappa shape index (κ1) is 12.7. The van der Waals surface area contributed by atoms with E-state index >= 15 is 0 Å². The molecular formula is C14H11NO4S. The fraction of sp³-hybridized carbons (Fsp3) is 0.0714. The molecule has 1 aliphatic rings. The van der Waals surface area contributed by atoms with Crippen LogP contribution in [0.1, 0.15) is 5.56 Å². The standard InChI is InChI=1S/C14H11NO4S/c16-11-3-4-13-10(9-20(17,18)14(13)6-11)8-19-12-2-1-5-15-7-12/h1-7,9,16H,8H2. The van der Waals surface area contributed by atoms with Crippen molar-refractivity contribution in [1.82, 2.24) is 4.98 Å². The highest BCUT2D eigenvalue weighted by atomic mass is 32.2. The maximum absolute atomic E-state index is 12.0. The summed E-state index contributed by atoms with van der Waals surface area (Å²) < 4.78 is 29.5. The third kappa shape index (κ3) is 2.25. The van der Waals surface area contributed by atoms with Crippen molar-refractivity contribution >= 4 is 15.4 Å². The number of sulfone groups is 1. The zero-order valence-electron chi connectivity index (χ0n) is 10.4. The molecule has 5 nitrogen and oxygen atoms in total. The van der Waals surface area contributed by atoms with E-state index in [0.717, 1.165) is 0 Å². The first-order chi connectivity index (χ1) is 9.56. The number of hydrogen-bond donors (Lipinski definition) is 1. The van der Waals surface area contributed by atoms with Gasteiger partial charge in [0.1, 0.15) is 18.1 Å². The molecule has 0 atom stereocenters. The van der Waals surface area contributed by atoms with Gasteiger partial charge >= 0.3 is 0 Å². The van der Waals surface area contributed by atoms with E-state index in [-0.39, 0.29) is 17.3 Å². The summed E-state index contributed by atoms with van der Waals surface area (Å²) >= 11 is 0. The van der Waals surface area contributed by atoms with Crippen LogP contribution in [0.2, 0.25) is 0 Å². The number of fused-ring (bicyclic) bond motifs is 1. The van der Waals surface area contributed by atoms with Crippen molar-refractivity contribution in [2.45, 2.75) is 4.90 Å². The van der Waals surface area contributed by atoms with E-state index in [1.54, 1.807) is 30.6 Å². The predicted molar refractivity (Wildman–Crippen MR) is 73.0 cm³/mol. The molecule has 6 heteroatoms. The van der Waals surface area contributed by atoms with Gasteiger partial charge < -0.3 is 9.84 Å². The summed E-state index contributed by atoms with van der Waals surface area (Å²) in [5.74, 6) is 0.494. The van der Waals surface area contributed by atoms with Crippen molar-refractivity contribution in [3.8, 4) is 11.5 Å². The number of aromatic hydroxyl groups is 1. The Hall–Kier alpha value is -2.34. The molecule has 1 N–H and O–H groups in total. The number of rotatable bonds is 3. The molecule has 0 spiro atoms. The van der Waals surface area contributed by atoms with Crippen LogP contribution >= 0.6 is 0 Å². The first-order valence-electron chi connectivity index (χ1n) is 5.88. The molecule has 2 aromatic rings. The second kappa shape index (κ2) is 4.64. The molecule has 102 valence electrons. The Bertz CT molecular complexity index is 782. The third-order valence-corrected chi connectivity index (χ3v) is 4.49. The van der Waals surface area contributed by atoms with E-state index in [4.69, 9.17) is 4.74 Å². The summed E-state index contributed by atoms with van der Waals surface area (Å²) in [7, 11) is -3.50. The van der Waals surface area contributed by atoms with Crippen LogP contribution < -0.4 is 4.74 Å². The van der Waals surface area contributed by atoms with Crippen LogP contribution in [0.5, 0.6) is 11.5 Å². The van der Waals surface area contributed by atoms with Crippen LogP contribution in [0.4, 0.5) is 0 Å². The number of nitrogens with zero attached hydrogens (tertiary/aromatic N) is 1. The normalized spacial score (nSPS) is 15.5. The highest BCUT2D eigenvalue weighted by molar-refractivity contribution is 7.95. The van der Waals surface area contributed by atoms with Gasteiger partial charge in [-0.15, -0.1) is 0 Å². The van der Waals surface area contributed by atoms with Crippen LogP contribution in [0, 0.1) is 0 Å². The number of ether oxygens (including phenoxy) is 1. The number of phenols is 1. The molecule has 20 heavy (non-hydrogen) atoms. The maximum Gasteiger partial charge on any atom is 0.200 e. The van der Waals surface area contributed by atoms with E-state index in [2.05, 4.69) is 4.98 Å². The van der Waals surface area contributed by atoms with Gasteiger partial charge in [-0.05, 0) is 30.3 Å². The highest BCUT2D eigenvalue weighted by Crippen LogP contribution is 2.35. The number of phenolic OH excluding ortho intramolecular Hbond substituents is 1. The molecule has 1 aromatic heterocycles. The van der Waals surface area contributed by atoms with Gasteiger partial charge in [0.2, 0.25) is 9.84 Å². The predicted octanol–water partition coefficient (Wildman–Crippen LogP) is 1.99. The van der Waals surface area contributed by atoms with Crippen LogP contribution in [0.25, 0.3) is 5.57 Å². The number of benzene rings is 1. The average molecular weight is 289 g/mol. The summed E-state index contributed by atoms with van der Waals surface area (Å²) in [6.07, 6.45) is 3.19. The largest absolute Gasteiger partial charge is 0.508 e. The summed E-state index contributed by atoms with van der Waals surface area (Å²) in [5, 5.41) is 10.6. The molecule has 2 heterocycles. The average Bonchev–Trinajstić information content (AvgIpc) is 2.69. The minimum atomic E-state index is -3.50. The molecule has 0 unspecified atom stereocenters. The van der Waals surface area contributed by atoms with E-state index in [0.29, 0.717) is 16.9 Å². The molecular weight excluding hydrogens is 278 g/mol. The lowest BCUT2D eigenvalue weighted by atomic mass is 10.1. The van der Waals surface area contributed by atoms with Crippen molar-refractivity contribution in [3.63, 3.8) is 0 Å². The van der Waals surface area contributed by atoms with Crippen LogP contribution in [-0.4, -0.2) is 25.1 Å². The summed E-state index contributed by atoms with van der Waals surface area (Å²) in [4.78, 5) is 4.03. The number of hydrogen-bond acceptors (Lipinski definition) is 5. The Labute approximate surface area is 116 Å². The number of aromatic nitrogens is 1. The Morgan fingerprint density at radius 1 is 1.25 bits per heavy atom. The van der Waals surface area contributed by atoms with Crippen LogP contribution in [0.15, 0.2) is 53.0 Å². The van der Waals surface area contributed by atoms with Gasteiger partial charge in [0, 0.05) is 22.7 Å². The fourth-order valence-electron chi connectivity index (χ4n) is 2.03. The maximum atomic E-state index is 12.0. The lowest BCUT2D eigenvalue weighted by molar-refractivity contribution is 0.368. The molecule has 0 radical (unpaired) electrons. The molecule has 0 aliphatic carbocycles. The molecule has 1 aliphatic heterocycles. The van der Waals surface area contributed by atoms with E-state index in [9.17, 15) is 13.5 Å². The molecule has 0 fully saturated rings. The van der Waals surface area contributed by atoms with Gasteiger partial charge in [0.15, 0.2) is 0 Å². The van der Waals surface area contributed by atoms with Gasteiger partial charge in [-0.3, -0.25) is 4.98 Å². The summed E-state index contributed by atoms with van der Waals surface area (Å²) in [5.41, 5.74) is 1.12. The van der Waals surface area contributed by atoms with Crippen molar-refractivity contribution < 1.29 is 18.3 Å². The van der Waals surface area contributed by atoms with Gasteiger partial charge in [0.25, 0.3) is 0 Å². The lowest BCUT2D eigenvalue weighted by Crippen LogP contribution is -1.99. The van der Waals surface area contributed by atoms with Crippen molar-refractivity contribution in [2.24, 2.45) is 0 Å². The minimum Gasteiger partial charge on any atom is -0.508 e. The second-order valence-corrected chi connectivity index (χ2v) is 6.11. The van der Waals surface area contributed by atoms with E-state index in [1.165, 1.54) is 17.5 Å². The van der Waals surface area contributed by atoms with E-state index < -0.39 is 9.84 Å². The molecule has 0 saturated carbocycles.